The van der Waals surface area contributed by atoms with Crippen molar-refractivity contribution in [2.45, 2.75) is 12.8 Å². The van der Waals surface area contributed by atoms with E-state index < -0.39 is 5.41 Å². The molecule has 0 unspecified atom stereocenters. The minimum atomic E-state index is -1.02. The molecular weight excluding hydrogens is 324 g/mol. The number of carbonyl (C=O) groups excluding carboxylic acids is 1. The van der Waals surface area contributed by atoms with E-state index in [-0.39, 0.29) is 5.91 Å². The topological polar surface area (TPSA) is 71.3 Å². The maximum atomic E-state index is 12.4. The molecule has 1 aromatic rings. The van der Waals surface area contributed by atoms with Crippen LogP contribution in [0, 0.1) is 16.7 Å². The van der Waals surface area contributed by atoms with E-state index in [1.165, 1.54) is 7.11 Å². The number of nitrogens with one attached hydrogen (secondary N) is 1. The van der Waals surface area contributed by atoms with Crippen LogP contribution in [0.4, 0.5) is 5.69 Å². The summed E-state index contributed by atoms with van der Waals surface area (Å²) in [6, 6.07) is 7.47. The first-order valence-electron chi connectivity index (χ1n) is 6.25. The highest BCUT2D eigenvalue weighted by molar-refractivity contribution is 9.10. The zero-order valence-corrected chi connectivity index (χ0v) is 12.7. The Kier molecular flexibility index (Phi) is 4.63. The monoisotopic (exact) mass is 338 g/mol. The van der Waals surface area contributed by atoms with Gasteiger partial charge >= 0.3 is 0 Å². The molecule has 0 saturated carbocycles. The molecule has 0 aliphatic carbocycles. The Morgan fingerprint density at radius 1 is 1.50 bits per heavy atom. The Balaban J connectivity index is 2.23. The van der Waals surface area contributed by atoms with E-state index in [0.29, 0.717) is 37.5 Å². The molecule has 0 atom stereocenters. The number of ether oxygens (including phenoxy) is 2. The van der Waals surface area contributed by atoms with Crippen molar-refractivity contribution in [3.05, 3.63) is 22.7 Å². The molecule has 2 rings (SSSR count). The third kappa shape index (κ3) is 2.94. The van der Waals surface area contributed by atoms with E-state index in [1.54, 1.807) is 12.1 Å². The van der Waals surface area contributed by atoms with Crippen LogP contribution >= 0.6 is 15.9 Å². The molecule has 20 heavy (non-hydrogen) atoms. The number of hydrogen-bond acceptors (Lipinski definition) is 4. The minimum absolute atomic E-state index is 0.306. The minimum Gasteiger partial charge on any atom is -0.495 e. The number of methoxy groups -OCH3 is 1. The lowest BCUT2D eigenvalue weighted by molar-refractivity contribution is -0.126. The summed E-state index contributed by atoms with van der Waals surface area (Å²) >= 11 is 3.35. The summed E-state index contributed by atoms with van der Waals surface area (Å²) in [6.07, 6.45) is 0.817. The van der Waals surface area contributed by atoms with Crippen molar-refractivity contribution in [1.82, 2.24) is 0 Å². The molecule has 5 nitrogen and oxygen atoms in total. The second kappa shape index (κ2) is 6.25. The largest absolute Gasteiger partial charge is 0.495 e. The first-order valence-corrected chi connectivity index (χ1v) is 7.04. The number of nitriles is 1. The molecule has 0 radical (unpaired) electrons. The Morgan fingerprint density at radius 2 is 2.20 bits per heavy atom. The number of nitrogens with zero attached hydrogens (tertiary/aromatic N) is 1. The van der Waals surface area contributed by atoms with Crippen LogP contribution in [0.2, 0.25) is 0 Å². The van der Waals surface area contributed by atoms with Crippen molar-refractivity contribution in [1.29, 1.82) is 5.26 Å². The molecular formula is C14H15BrN2O3. The molecule has 1 fully saturated rings. The Labute approximate surface area is 126 Å². The molecule has 0 spiro atoms. The van der Waals surface area contributed by atoms with Crippen LogP contribution < -0.4 is 10.1 Å². The van der Waals surface area contributed by atoms with Crippen LogP contribution in [-0.4, -0.2) is 26.2 Å². The van der Waals surface area contributed by atoms with E-state index in [2.05, 4.69) is 27.3 Å². The predicted octanol–water partition coefficient (Wildman–Crippen LogP) is 2.72. The SMILES string of the molecule is COc1ccc(Br)cc1NC(=O)C1(C#N)CCOCC1. The first-order chi connectivity index (χ1) is 9.61. The molecule has 1 amide bonds. The standard InChI is InChI=1S/C14H15BrN2O3/c1-19-12-3-2-10(15)8-11(12)17-13(18)14(9-16)4-6-20-7-5-14/h2-3,8H,4-7H2,1H3,(H,17,18). The molecule has 1 aliphatic heterocycles. The molecule has 0 bridgehead atoms. The summed E-state index contributed by atoms with van der Waals surface area (Å²) in [5.41, 5.74) is -0.473. The van der Waals surface area contributed by atoms with Gasteiger partial charge in [-0.1, -0.05) is 15.9 Å². The number of rotatable bonds is 3. The normalized spacial score (nSPS) is 17.1. The summed E-state index contributed by atoms with van der Waals surface area (Å²) in [4.78, 5) is 12.4. The van der Waals surface area contributed by atoms with Crippen molar-refractivity contribution in [2.24, 2.45) is 5.41 Å². The molecule has 1 N–H and O–H groups in total. The average molecular weight is 339 g/mol. The fourth-order valence-electron chi connectivity index (χ4n) is 2.13. The smallest absolute Gasteiger partial charge is 0.245 e. The Morgan fingerprint density at radius 3 is 2.80 bits per heavy atom. The van der Waals surface area contributed by atoms with Gasteiger partial charge in [0.25, 0.3) is 0 Å². The van der Waals surface area contributed by atoms with Crippen LogP contribution in [-0.2, 0) is 9.53 Å². The highest BCUT2D eigenvalue weighted by Crippen LogP contribution is 2.34. The van der Waals surface area contributed by atoms with Gasteiger partial charge in [0.15, 0.2) is 0 Å². The fourth-order valence-corrected chi connectivity index (χ4v) is 2.49. The van der Waals surface area contributed by atoms with Crippen LogP contribution in [0.5, 0.6) is 5.75 Å². The number of anilines is 1. The first kappa shape index (κ1) is 14.8. The van der Waals surface area contributed by atoms with E-state index in [9.17, 15) is 10.1 Å². The third-order valence-corrected chi connectivity index (χ3v) is 3.90. The zero-order chi connectivity index (χ0) is 14.6. The zero-order valence-electron chi connectivity index (χ0n) is 11.1. The van der Waals surface area contributed by atoms with Crippen LogP contribution in [0.25, 0.3) is 0 Å². The van der Waals surface area contributed by atoms with Gasteiger partial charge in [0, 0.05) is 17.7 Å². The van der Waals surface area contributed by atoms with Crippen LogP contribution in [0.1, 0.15) is 12.8 Å². The lowest BCUT2D eigenvalue weighted by atomic mass is 9.81. The number of hydrogen-bond donors (Lipinski definition) is 1. The summed E-state index contributed by atoms with van der Waals surface area (Å²) in [6.45, 7) is 0.854. The average Bonchev–Trinajstić information content (AvgIpc) is 2.48. The van der Waals surface area contributed by atoms with Gasteiger partial charge < -0.3 is 14.8 Å². The molecule has 1 saturated heterocycles. The van der Waals surface area contributed by atoms with E-state index in [0.717, 1.165) is 4.47 Å². The van der Waals surface area contributed by atoms with Gasteiger partial charge in [-0.3, -0.25) is 4.79 Å². The highest BCUT2D eigenvalue weighted by Gasteiger charge is 2.40. The summed E-state index contributed by atoms with van der Waals surface area (Å²) in [7, 11) is 1.54. The number of benzene rings is 1. The van der Waals surface area contributed by atoms with Gasteiger partial charge in [-0.15, -0.1) is 0 Å². The molecule has 0 aromatic heterocycles. The fraction of sp³-hybridized carbons (Fsp3) is 0.429. The second-order valence-corrected chi connectivity index (χ2v) is 5.52. The van der Waals surface area contributed by atoms with E-state index >= 15 is 0 Å². The molecule has 1 aliphatic rings. The lowest BCUT2D eigenvalue weighted by Gasteiger charge is -2.29. The molecule has 106 valence electrons. The van der Waals surface area contributed by atoms with Crippen molar-refractivity contribution in [2.75, 3.05) is 25.6 Å². The van der Waals surface area contributed by atoms with Gasteiger partial charge in [0.1, 0.15) is 11.2 Å². The van der Waals surface area contributed by atoms with Crippen molar-refractivity contribution >= 4 is 27.5 Å². The second-order valence-electron chi connectivity index (χ2n) is 4.61. The molecule has 6 heteroatoms. The quantitative estimate of drug-likeness (QED) is 0.919. The molecule has 1 heterocycles. The molecule has 1 aromatic carbocycles. The van der Waals surface area contributed by atoms with Crippen molar-refractivity contribution < 1.29 is 14.3 Å². The maximum Gasteiger partial charge on any atom is 0.245 e. The summed E-state index contributed by atoms with van der Waals surface area (Å²) in [5, 5.41) is 12.2. The Hall–Kier alpha value is -1.58. The van der Waals surface area contributed by atoms with Gasteiger partial charge in [-0.25, -0.2) is 0 Å². The summed E-state index contributed by atoms with van der Waals surface area (Å²) in [5.74, 6) is 0.251. The lowest BCUT2D eigenvalue weighted by Crippen LogP contribution is -2.40. The van der Waals surface area contributed by atoms with Crippen molar-refractivity contribution in [3.8, 4) is 11.8 Å². The number of carbonyl (C=O) groups is 1. The van der Waals surface area contributed by atoms with Crippen LogP contribution in [0.15, 0.2) is 22.7 Å². The number of amides is 1. The van der Waals surface area contributed by atoms with Gasteiger partial charge in [-0.2, -0.15) is 5.26 Å². The van der Waals surface area contributed by atoms with E-state index in [1.807, 2.05) is 6.07 Å². The number of halogens is 1. The van der Waals surface area contributed by atoms with Crippen LogP contribution in [0.3, 0.4) is 0 Å². The van der Waals surface area contributed by atoms with Gasteiger partial charge in [0.05, 0.1) is 18.9 Å². The maximum absolute atomic E-state index is 12.4. The van der Waals surface area contributed by atoms with E-state index in [4.69, 9.17) is 9.47 Å². The van der Waals surface area contributed by atoms with Gasteiger partial charge in [0.2, 0.25) is 5.91 Å². The Bertz CT molecular complexity index is 548. The predicted molar refractivity (Wildman–Crippen MR) is 77.4 cm³/mol. The van der Waals surface area contributed by atoms with Crippen molar-refractivity contribution in [3.63, 3.8) is 0 Å². The third-order valence-electron chi connectivity index (χ3n) is 3.40. The van der Waals surface area contributed by atoms with Gasteiger partial charge in [-0.05, 0) is 31.0 Å². The highest BCUT2D eigenvalue weighted by atomic mass is 79.9. The summed E-state index contributed by atoms with van der Waals surface area (Å²) < 4.78 is 11.3.